The Balaban J connectivity index is 1.63. The number of pyridine rings is 1. The Hall–Kier alpha value is -2.36. The minimum Gasteiger partial charge on any atom is -0.457 e. The fourth-order valence-electron chi connectivity index (χ4n) is 2.58. The Labute approximate surface area is 124 Å². The number of hydrogen-bond acceptors (Lipinski definition) is 4. The number of nitrogens with zero attached hydrogens (tertiary/aromatic N) is 2. The third-order valence-corrected chi connectivity index (χ3v) is 3.63. The summed E-state index contributed by atoms with van der Waals surface area (Å²) in [5.74, 6) is 0.696. The van der Waals surface area contributed by atoms with Gasteiger partial charge in [0.1, 0.15) is 11.9 Å². The van der Waals surface area contributed by atoms with Crippen LogP contribution in [0.5, 0.6) is 0 Å². The SMILES string of the molecule is O=C(OC1CCCN(c2ccccn2)C1)c1ccccc1. The molecule has 0 N–H and O–H groups in total. The summed E-state index contributed by atoms with van der Waals surface area (Å²) in [6.07, 6.45) is 3.62. The van der Waals surface area contributed by atoms with E-state index in [1.54, 1.807) is 18.3 Å². The molecule has 108 valence electrons. The van der Waals surface area contributed by atoms with Crippen molar-refractivity contribution in [1.29, 1.82) is 0 Å². The summed E-state index contributed by atoms with van der Waals surface area (Å²) in [5, 5.41) is 0. The molecule has 0 amide bonds. The van der Waals surface area contributed by atoms with Crippen molar-refractivity contribution < 1.29 is 9.53 Å². The average Bonchev–Trinajstić information content (AvgIpc) is 2.57. The van der Waals surface area contributed by atoms with Crippen LogP contribution in [0.1, 0.15) is 23.2 Å². The molecule has 0 spiro atoms. The highest BCUT2D eigenvalue weighted by Crippen LogP contribution is 2.20. The molecule has 1 aliphatic rings. The van der Waals surface area contributed by atoms with Crippen molar-refractivity contribution in [3.8, 4) is 0 Å². The van der Waals surface area contributed by atoms with Gasteiger partial charge in [-0.3, -0.25) is 0 Å². The first-order valence-corrected chi connectivity index (χ1v) is 7.25. The summed E-state index contributed by atoms with van der Waals surface area (Å²) in [5.41, 5.74) is 0.604. The van der Waals surface area contributed by atoms with E-state index in [1.807, 2.05) is 36.4 Å². The third-order valence-electron chi connectivity index (χ3n) is 3.63. The molecule has 21 heavy (non-hydrogen) atoms. The number of piperidine rings is 1. The van der Waals surface area contributed by atoms with Gasteiger partial charge in [-0.15, -0.1) is 0 Å². The smallest absolute Gasteiger partial charge is 0.338 e. The first kappa shape index (κ1) is 13.6. The molecule has 0 radical (unpaired) electrons. The number of carbonyl (C=O) groups excluding carboxylic acids is 1. The van der Waals surface area contributed by atoms with Crippen molar-refractivity contribution in [3.05, 3.63) is 60.3 Å². The van der Waals surface area contributed by atoms with Gasteiger partial charge in [0.05, 0.1) is 12.1 Å². The Morgan fingerprint density at radius 1 is 1.14 bits per heavy atom. The molecule has 1 saturated heterocycles. The lowest BCUT2D eigenvalue weighted by molar-refractivity contribution is 0.0269. The number of rotatable bonds is 3. The van der Waals surface area contributed by atoms with Gasteiger partial charge in [0.15, 0.2) is 0 Å². The van der Waals surface area contributed by atoms with Crippen molar-refractivity contribution in [3.63, 3.8) is 0 Å². The maximum Gasteiger partial charge on any atom is 0.338 e. The van der Waals surface area contributed by atoms with Crippen LogP contribution in [-0.2, 0) is 4.74 Å². The standard InChI is InChI=1S/C17H18N2O2/c20-17(14-7-2-1-3-8-14)21-15-9-6-12-19(13-15)16-10-4-5-11-18-16/h1-5,7-8,10-11,15H,6,9,12-13H2. The highest BCUT2D eigenvalue weighted by molar-refractivity contribution is 5.89. The van der Waals surface area contributed by atoms with Gasteiger partial charge >= 0.3 is 5.97 Å². The van der Waals surface area contributed by atoms with E-state index in [-0.39, 0.29) is 12.1 Å². The average molecular weight is 282 g/mol. The van der Waals surface area contributed by atoms with E-state index in [4.69, 9.17) is 4.74 Å². The van der Waals surface area contributed by atoms with Gasteiger partial charge in [-0.25, -0.2) is 9.78 Å². The number of esters is 1. The molecule has 0 aliphatic carbocycles. The largest absolute Gasteiger partial charge is 0.457 e. The fourth-order valence-corrected chi connectivity index (χ4v) is 2.58. The second-order valence-electron chi connectivity index (χ2n) is 5.17. The predicted molar refractivity (Wildman–Crippen MR) is 81.3 cm³/mol. The van der Waals surface area contributed by atoms with Crippen LogP contribution < -0.4 is 4.90 Å². The second-order valence-corrected chi connectivity index (χ2v) is 5.17. The lowest BCUT2D eigenvalue weighted by Gasteiger charge is -2.33. The summed E-state index contributed by atoms with van der Waals surface area (Å²) >= 11 is 0. The van der Waals surface area contributed by atoms with Gasteiger partial charge in [0, 0.05) is 12.7 Å². The third kappa shape index (κ3) is 3.40. The quantitative estimate of drug-likeness (QED) is 0.812. The second kappa shape index (κ2) is 6.39. The van der Waals surface area contributed by atoms with Gasteiger partial charge in [-0.05, 0) is 37.1 Å². The zero-order chi connectivity index (χ0) is 14.5. The molecule has 1 fully saturated rings. The van der Waals surface area contributed by atoms with Crippen LogP contribution in [0.2, 0.25) is 0 Å². The molecular formula is C17H18N2O2. The maximum absolute atomic E-state index is 12.1. The lowest BCUT2D eigenvalue weighted by atomic mass is 10.1. The zero-order valence-corrected chi connectivity index (χ0v) is 11.8. The van der Waals surface area contributed by atoms with Gasteiger partial charge in [0.25, 0.3) is 0 Å². The molecule has 1 aromatic heterocycles. The molecule has 2 heterocycles. The molecule has 0 saturated carbocycles. The van der Waals surface area contributed by atoms with Crippen molar-refractivity contribution >= 4 is 11.8 Å². The normalized spacial score (nSPS) is 18.3. The molecular weight excluding hydrogens is 264 g/mol. The highest BCUT2D eigenvalue weighted by atomic mass is 16.5. The molecule has 4 heteroatoms. The number of carbonyl (C=O) groups is 1. The van der Waals surface area contributed by atoms with E-state index >= 15 is 0 Å². The van der Waals surface area contributed by atoms with E-state index < -0.39 is 0 Å². The summed E-state index contributed by atoms with van der Waals surface area (Å²) in [7, 11) is 0. The van der Waals surface area contributed by atoms with Gasteiger partial charge < -0.3 is 9.64 Å². The van der Waals surface area contributed by atoms with E-state index in [0.29, 0.717) is 12.1 Å². The van der Waals surface area contributed by atoms with Crippen molar-refractivity contribution in [2.24, 2.45) is 0 Å². The molecule has 1 unspecified atom stereocenters. The van der Waals surface area contributed by atoms with E-state index in [0.717, 1.165) is 25.2 Å². The van der Waals surface area contributed by atoms with E-state index in [2.05, 4.69) is 9.88 Å². The Kier molecular flexibility index (Phi) is 4.15. The summed E-state index contributed by atoms with van der Waals surface area (Å²) < 4.78 is 5.62. The van der Waals surface area contributed by atoms with Crippen molar-refractivity contribution in [1.82, 2.24) is 4.98 Å². The van der Waals surface area contributed by atoms with Gasteiger partial charge in [0.2, 0.25) is 0 Å². The topological polar surface area (TPSA) is 42.4 Å². The minimum absolute atomic E-state index is 0.0755. The molecule has 1 aromatic carbocycles. The van der Waals surface area contributed by atoms with Gasteiger partial charge in [-0.1, -0.05) is 24.3 Å². The van der Waals surface area contributed by atoms with Crippen LogP contribution in [0.4, 0.5) is 5.82 Å². The molecule has 3 rings (SSSR count). The zero-order valence-electron chi connectivity index (χ0n) is 11.8. The Bertz CT molecular complexity index is 586. The monoisotopic (exact) mass is 282 g/mol. The van der Waals surface area contributed by atoms with Crippen molar-refractivity contribution in [2.45, 2.75) is 18.9 Å². The first-order valence-electron chi connectivity index (χ1n) is 7.25. The number of ether oxygens (including phenoxy) is 1. The van der Waals surface area contributed by atoms with Crippen LogP contribution >= 0.6 is 0 Å². The molecule has 0 bridgehead atoms. The van der Waals surface area contributed by atoms with E-state index in [1.165, 1.54) is 0 Å². The first-order chi connectivity index (χ1) is 10.3. The highest BCUT2D eigenvalue weighted by Gasteiger charge is 2.24. The van der Waals surface area contributed by atoms with Crippen LogP contribution in [-0.4, -0.2) is 30.1 Å². The number of hydrogen-bond donors (Lipinski definition) is 0. The summed E-state index contributed by atoms with van der Waals surface area (Å²) in [4.78, 5) is 18.6. The Morgan fingerprint density at radius 3 is 2.71 bits per heavy atom. The van der Waals surface area contributed by atoms with Crippen LogP contribution in [0.15, 0.2) is 54.7 Å². The predicted octanol–water partition coefficient (Wildman–Crippen LogP) is 2.91. The minimum atomic E-state index is -0.247. The number of aromatic nitrogens is 1. The van der Waals surface area contributed by atoms with Gasteiger partial charge in [-0.2, -0.15) is 0 Å². The van der Waals surface area contributed by atoms with E-state index in [9.17, 15) is 4.79 Å². The number of benzene rings is 1. The summed E-state index contributed by atoms with van der Waals surface area (Å²) in [6.45, 7) is 1.66. The number of anilines is 1. The molecule has 2 aromatic rings. The molecule has 1 aliphatic heterocycles. The van der Waals surface area contributed by atoms with Crippen molar-refractivity contribution in [2.75, 3.05) is 18.0 Å². The lowest BCUT2D eigenvalue weighted by Crippen LogP contribution is -2.41. The van der Waals surface area contributed by atoms with Crippen LogP contribution in [0.25, 0.3) is 0 Å². The van der Waals surface area contributed by atoms with Crippen LogP contribution in [0.3, 0.4) is 0 Å². The molecule has 4 nitrogen and oxygen atoms in total. The maximum atomic E-state index is 12.1. The molecule has 1 atom stereocenters. The Morgan fingerprint density at radius 2 is 1.95 bits per heavy atom. The van der Waals surface area contributed by atoms with Crippen LogP contribution in [0, 0.1) is 0 Å². The summed E-state index contributed by atoms with van der Waals surface area (Å²) in [6, 6.07) is 15.0. The fraction of sp³-hybridized carbons (Fsp3) is 0.294.